The first-order valence-corrected chi connectivity index (χ1v) is 9.55. The maximum absolute atomic E-state index is 11.9. The number of nitrogens with one attached hydrogen (secondary N) is 1. The molecule has 0 bridgehead atoms. The number of H-pyrrole nitrogens is 1. The van der Waals surface area contributed by atoms with Gasteiger partial charge in [-0.25, -0.2) is 9.78 Å². The summed E-state index contributed by atoms with van der Waals surface area (Å²) in [4.78, 5) is 20.7. The van der Waals surface area contributed by atoms with E-state index in [1.165, 1.54) is 0 Å². The zero-order chi connectivity index (χ0) is 20.8. The molecule has 0 radical (unpaired) electrons. The van der Waals surface area contributed by atoms with Gasteiger partial charge in [-0.05, 0) is 48.9 Å². The molecular weight excluding hydrogens is 380 g/mol. The molecular formula is C23H20N4O3. The predicted octanol–water partition coefficient (Wildman–Crippen LogP) is 4.29. The molecule has 7 nitrogen and oxygen atoms in total. The van der Waals surface area contributed by atoms with Gasteiger partial charge in [-0.15, -0.1) is 0 Å². The SMILES string of the molecule is CCOC(=O)c1cccc(-c2cccc(COc3ccc(-c4ccn[nH]4)nc3)c2)n1. The van der Waals surface area contributed by atoms with Gasteiger partial charge in [-0.1, -0.05) is 24.3 Å². The van der Waals surface area contributed by atoms with Crippen LogP contribution < -0.4 is 4.74 Å². The maximum Gasteiger partial charge on any atom is 0.356 e. The van der Waals surface area contributed by atoms with Crippen molar-refractivity contribution in [2.24, 2.45) is 0 Å². The molecule has 0 aliphatic rings. The summed E-state index contributed by atoms with van der Waals surface area (Å²) in [5, 5.41) is 6.81. The van der Waals surface area contributed by atoms with E-state index in [0.717, 1.165) is 22.5 Å². The molecule has 0 saturated heterocycles. The smallest absolute Gasteiger partial charge is 0.356 e. The summed E-state index contributed by atoms with van der Waals surface area (Å²) in [6, 6.07) is 18.8. The van der Waals surface area contributed by atoms with Crippen LogP contribution in [0.5, 0.6) is 5.75 Å². The van der Waals surface area contributed by atoms with E-state index in [1.807, 2.05) is 48.5 Å². The summed E-state index contributed by atoms with van der Waals surface area (Å²) in [6.07, 6.45) is 3.37. The van der Waals surface area contributed by atoms with Gasteiger partial charge in [-0.2, -0.15) is 5.10 Å². The summed E-state index contributed by atoms with van der Waals surface area (Å²) in [7, 11) is 0. The Morgan fingerprint density at radius 1 is 1.03 bits per heavy atom. The van der Waals surface area contributed by atoms with E-state index >= 15 is 0 Å². The highest BCUT2D eigenvalue weighted by atomic mass is 16.5. The molecule has 3 heterocycles. The molecule has 0 aliphatic heterocycles. The molecule has 1 aromatic carbocycles. The van der Waals surface area contributed by atoms with E-state index in [1.54, 1.807) is 31.5 Å². The third kappa shape index (κ3) is 4.52. The molecule has 4 rings (SSSR count). The Morgan fingerprint density at radius 3 is 2.70 bits per heavy atom. The topological polar surface area (TPSA) is 90.0 Å². The molecule has 30 heavy (non-hydrogen) atoms. The van der Waals surface area contributed by atoms with Crippen molar-refractivity contribution in [1.29, 1.82) is 0 Å². The summed E-state index contributed by atoms with van der Waals surface area (Å²) < 4.78 is 10.9. The average Bonchev–Trinajstić information content (AvgIpc) is 3.34. The lowest BCUT2D eigenvalue weighted by Crippen LogP contribution is -2.07. The van der Waals surface area contributed by atoms with Gasteiger partial charge in [0.25, 0.3) is 0 Å². The number of rotatable bonds is 7. The van der Waals surface area contributed by atoms with Gasteiger partial charge in [0.05, 0.1) is 29.9 Å². The Kier molecular flexibility index (Phi) is 5.80. The fourth-order valence-electron chi connectivity index (χ4n) is 2.92. The third-order valence-electron chi connectivity index (χ3n) is 4.37. The second-order valence-corrected chi connectivity index (χ2v) is 6.47. The van der Waals surface area contributed by atoms with Gasteiger partial charge < -0.3 is 9.47 Å². The number of pyridine rings is 2. The van der Waals surface area contributed by atoms with E-state index in [2.05, 4.69) is 20.2 Å². The van der Waals surface area contributed by atoms with Crippen molar-refractivity contribution in [3.05, 3.63) is 84.3 Å². The standard InChI is InChI=1S/C23H20N4O3/c1-2-29-23(28)22-8-4-7-19(26-22)17-6-3-5-16(13-17)15-30-18-9-10-20(24-14-18)21-11-12-25-27-21/h3-14H,2,15H2,1H3,(H,25,27). The molecule has 0 saturated carbocycles. The van der Waals surface area contributed by atoms with Crippen LogP contribution in [0.1, 0.15) is 23.0 Å². The highest BCUT2D eigenvalue weighted by Crippen LogP contribution is 2.21. The molecule has 150 valence electrons. The Bertz CT molecular complexity index is 1130. The summed E-state index contributed by atoms with van der Waals surface area (Å²) in [5.41, 5.74) is 4.53. The van der Waals surface area contributed by atoms with Crippen LogP contribution in [0.2, 0.25) is 0 Å². The minimum Gasteiger partial charge on any atom is -0.487 e. The van der Waals surface area contributed by atoms with Crippen molar-refractivity contribution in [1.82, 2.24) is 20.2 Å². The second-order valence-electron chi connectivity index (χ2n) is 6.47. The number of esters is 1. The fourth-order valence-corrected chi connectivity index (χ4v) is 2.92. The van der Waals surface area contributed by atoms with Crippen molar-refractivity contribution in [2.75, 3.05) is 6.61 Å². The van der Waals surface area contributed by atoms with Gasteiger partial charge in [-0.3, -0.25) is 10.1 Å². The van der Waals surface area contributed by atoms with Crippen LogP contribution in [0.3, 0.4) is 0 Å². The highest BCUT2D eigenvalue weighted by Gasteiger charge is 2.10. The predicted molar refractivity (Wildman–Crippen MR) is 112 cm³/mol. The number of aromatic amines is 1. The zero-order valence-corrected chi connectivity index (χ0v) is 16.4. The molecule has 0 fully saturated rings. The molecule has 0 aliphatic carbocycles. The first-order valence-electron chi connectivity index (χ1n) is 9.55. The quantitative estimate of drug-likeness (QED) is 0.466. The lowest BCUT2D eigenvalue weighted by molar-refractivity contribution is 0.0519. The fraction of sp³-hybridized carbons (Fsp3) is 0.130. The normalized spacial score (nSPS) is 10.6. The Morgan fingerprint density at radius 2 is 1.93 bits per heavy atom. The summed E-state index contributed by atoms with van der Waals surface area (Å²) in [5.74, 6) is 0.246. The second kappa shape index (κ2) is 9.00. The number of aromatic nitrogens is 4. The summed E-state index contributed by atoms with van der Waals surface area (Å²) >= 11 is 0. The molecule has 3 aromatic heterocycles. The lowest BCUT2D eigenvalue weighted by atomic mass is 10.1. The van der Waals surface area contributed by atoms with Gasteiger partial charge in [0, 0.05) is 11.8 Å². The molecule has 0 unspecified atom stereocenters. The molecule has 7 heteroatoms. The van der Waals surface area contributed by atoms with Crippen LogP contribution in [-0.4, -0.2) is 32.7 Å². The van der Waals surface area contributed by atoms with Crippen molar-refractivity contribution < 1.29 is 14.3 Å². The van der Waals surface area contributed by atoms with E-state index in [0.29, 0.717) is 30.4 Å². The van der Waals surface area contributed by atoms with Gasteiger partial charge in [0.2, 0.25) is 0 Å². The summed E-state index contributed by atoms with van der Waals surface area (Å²) in [6.45, 7) is 2.47. The zero-order valence-electron chi connectivity index (χ0n) is 16.4. The van der Waals surface area contributed by atoms with E-state index in [4.69, 9.17) is 9.47 Å². The molecule has 0 amide bonds. The van der Waals surface area contributed by atoms with E-state index < -0.39 is 5.97 Å². The number of nitrogens with zero attached hydrogens (tertiary/aromatic N) is 3. The maximum atomic E-state index is 11.9. The van der Waals surface area contributed by atoms with Crippen LogP contribution in [-0.2, 0) is 11.3 Å². The minimum atomic E-state index is -0.426. The molecule has 0 spiro atoms. The first kappa shape index (κ1) is 19.3. The van der Waals surface area contributed by atoms with Gasteiger partial charge in [0.15, 0.2) is 0 Å². The number of ether oxygens (including phenoxy) is 2. The molecule has 4 aromatic rings. The highest BCUT2D eigenvalue weighted by molar-refractivity contribution is 5.87. The molecule has 0 atom stereocenters. The van der Waals surface area contributed by atoms with Crippen molar-refractivity contribution in [3.63, 3.8) is 0 Å². The number of benzene rings is 1. The van der Waals surface area contributed by atoms with Crippen LogP contribution in [0.4, 0.5) is 0 Å². The lowest BCUT2D eigenvalue weighted by Gasteiger charge is -2.09. The number of hydrogen-bond acceptors (Lipinski definition) is 6. The van der Waals surface area contributed by atoms with Crippen molar-refractivity contribution >= 4 is 5.97 Å². The Balaban J connectivity index is 1.45. The van der Waals surface area contributed by atoms with Crippen LogP contribution in [0.25, 0.3) is 22.6 Å². The average molecular weight is 400 g/mol. The minimum absolute atomic E-state index is 0.291. The third-order valence-corrected chi connectivity index (χ3v) is 4.37. The largest absolute Gasteiger partial charge is 0.487 e. The van der Waals surface area contributed by atoms with Crippen LogP contribution >= 0.6 is 0 Å². The Hall–Kier alpha value is -4.00. The van der Waals surface area contributed by atoms with Crippen LogP contribution in [0.15, 0.2) is 73.1 Å². The van der Waals surface area contributed by atoms with Gasteiger partial charge in [0.1, 0.15) is 18.1 Å². The van der Waals surface area contributed by atoms with Crippen molar-refractivity contribution in [2.45, 2.75) is 13.5 Å². The number of carbonyl (C=O) groups excluding carboxylic acids is 1. The number of hydrogen-bond donors (Lipinski definition) is 1. The van der Waals surface area contributed by atoms with Crippen molar-refractivity contribution in [3.8, 4) is 28.4 Å². The monoisotopic (exact) mass is 400 g/mol. The van der Waals surface area contributed by atoms with E-state index in [9.17, 15) is 4.79 Å². The number of carbonyl (C=O) groups is 1. The molecule has 1 N–H and O–H groups in total. The Labute approximate surface area is 173 Å². The van der Waals surface area contributed by atoms with Crippen LogP contribution in [0, 0.1) is 0 Å². The first-order chi connectivity index (χ1) is 14.7. The van der Waals surface area contributed by atoms with Gasteiger partial charge >= 0.3 is 5.97 Å². The van der Waals surface area contributed by atoms with E-state index in [-0.39, 0.29) is 0 Å².